The Morgan fingerprint density at radius 2 is 1.84 bits per heavy atom. The first kappa shape index (κ1) is 11.9. The van der Waals surface area contributed by atoms with Gasteiger partial charge in [0.05, 0.1) is 11.8 Å². The van der Waals surface area contributed by atoms with Crippen molar-refractivity contribution in [3.05, 3.63) is 60.2 Å². The van der Waals surface area contributed by atoms with E-state index in [1.54, 1.807) is 23.6 Å². The van der Waals surface area contributed by atoms with Crippen molar-refractivity contribution in [2.24, 2.45) is 0 Å². The summed E-state index contributed by atoms with van der Waals surface area (Å²) in [6.45, 7) is 1.72. The van der Waals surface area contributed by atoms with E-state index in [1.165, 1.54) is 12.3 Å². The first-order valence-corrected chi connectivity index (χ1v) is 6.06. The lowest BCUT2D eigenvalue weighted by Crippen LogP contribution is -1.89. The maximum Gasteiger partial charge on any atom is 0.139 e. The zero-order valence-corrected chi connectivity index (χ0v) is 10.4. The van der Waals surface area contributed by atoms with Crippen LogP contribution in [0.15, 0.2) is 48.8 Å². The van der Waals surface area contributed by atoms with Crippen LogP contribution in [0.3, 0.4) is 0 Å². The third kappa shape index (κ3) is 2.22. The fourth-order valence-corrected chi connectivity index (χ4v) is 2.04. The number of aliphatic hydroxyl groups is 1. The summed E-state index contributed by atoms with van der Waals surface area (Å²) >= 11 is 0. The van der Waals surface area contributed by atoms with Gasteiger partial charge in [-0.15, -0.1) is 0 Å². The van der Waals surface area contributed by atoms with Gasteiger partial charge in [-0.3, -0.25) is 0 Å². The van der Waals surface area contributed by atoms with E-state index in [2.05, 4.69) is 4.98 Å². The molecule has 0 aliphatic carbocycles. The Kier molecular flexibility index (Phi) is 2.80. The Hall–Kier alpha value is -2.20. The van der Waals surface area contributed by atoms with Crippen LogP contribution >= 0.6 is 0 Å². The van der Waals surface area contributed by atoms with Gasteiger partial charge in [-0.1, -0.05) is 24.3 Å². The molecule has 0 bridgehead atoms. The topological polar surface area (TPSA) is 37.5 Å². The van der Waals surface area contributed by atoms with E-state index in [9.17, 15) is 9.50 Å². The number of nitrogens with zero attached hydrogens (tertiary/aromatic N) is 2. The van der Waals surface area contributed by atoms with Crippen LogP contribution in [-0.2, 0) is 0 Å². The Morgan fingerprint density at radius 3 is 2.53 bits per heavy atom. The molecule has 0 fully saturated rings. The number of halogens is 1. The van der Waals surface area contributed by atoms with Crippen LogP contribution < -0.4 is 0 Å². The minimum atomic E-state index is -0.482. The zero-order valence-electron chi connectivity index (χ0n) is 10.4. The molecule has 3 nitrogen and oxygen atoms in total. The first-order chi connectivity index (χ1) is 9.13. The van der Waals surface area contributed by atoms with Gasteiger partial charge in [0.1, 0.15) is 11.5 Å². The maximum atomic E-state index is 13.1. The van der Waals surface area contributed by atoms with Crippen molar-refractivity contribution in [3.63, 3.8) is 0 Å². The number of fused-ring (bicyclic) bond motifs is 1. The van der Waals surface area contributed by atoms with Gasteiger partial charge in [0.25, 0.3) is 0 Å². The number of rotatable bonds is 2. The minimum Gasteiger partial charge on any atom is -0.389 e. The van der Waals surface area contributed by atoms with Crippen molar-refractivity contribution in [2.45, 2.75) is 13.0 Å². The summed E-state index contributed by atoms with van der Waals surface area (Å²) in [4.78, 5) is 4.43. The molecule has 1 N–H and O–H groups in total. The quantitative estimate of drug-likeness (QED) is 0.764. The number of aliphatic hydroxyl groups excluding tert-OH is 1. The highest BCUT2D eigenvalue weighted by Crippen LogP contribution is 2.22. The van der Waals surface area contributed by atoms with Crippen molar-refractivity contribution >= 4 is 5.65 Å². The number of benzene rings is 1. The van der Waals surface area contributed by atoms with Gasteiger partial charge in [-0.25, -0.2) is 9.37 Å². The van der Waals surface area contributed by atoms with E-state index in [1.807, 2.05) is 24.3 Å². The van der Waals surface area contributed by atoms with Crippen molar-refractivity contribution in [2.75, 3.05) is 0 Å². The molecule has 0 aliphatic rings. The number of hydrogen-bond acceptors (Lipinski definition) is 2. The van der Waals surface area contributed by atoms with Crippen LogP contribution in [0.1, 0.15) is 18.6 Å². The van der Waals surface area contributed by atoms with E-state index >= 15 is 0 Å². The molecular weight excluding hydrogens is 243 g/mol. The lowest BCUT2D eigenvalue weighted by molar-refractivity contribution is 0.199. The summed E-state index contributed by atoms with van der Waals surface area (Å²) in [7, 11) is 0. The molecule has 3 rings (SSSR count). The monoisotopic (exact) mass is 256 g/mol. The van der Waals surface area contributed by atoms with Crippen molar-refractivity contribution in [1.29, 1.82) is 0 Å². The second-order valence-corrected chi connectivity index (χ2v) is 4.54. The molecule has 96 valence electrons. The summed E-state index contributed by atoms with van der Waals surface area (Å²) in [6, 6.07) is 10.6. The van der Waals surface area contributed by atoms with Gasteiger partial charge in [-0.05, 0) is 24.6 Å². The Labute approximate surface area is 110 Å². The SMILES string of the molecule is CC(O)c1ccc(-c2cn3cc(F)ccc3n2)cc1. The van der Waals surface area contributed by atoms with E-state index < -0.39 is 6.10 Å². The van der Waals surface area contributed by atoms with Gasteiger partial charge in [0.15, 0.2) is 0 Å². The lowest BCUT2D eigenvalue weighted by Gasteiger charge is -2.04. The average Bonchev–Trinajstić information content (AvgIpc) is 2.81. The van der Waals surface area contributed by atoms with Crippen LogP contribution in [0.5, 0.6) is 0 Å². The molecule has 2 heterocycles. The lowest BCUT2D eigenvalue weighted by atomic mass is 10.1. The Bertz CT molecular complexity index is 717. The number of imidazole rings is 1. The molecule has 4 heteroatoms. The molecule has 3 aromatic rings. The molecule has 19 heavy (non-hydrogen) atoms. The fraction of sp³-hybridized carbons (Fsp3) is 0.133. The van der Waals surface area contributed by atoms with Crippen molar-refractivity contribution in [1.82, 2.24) is 9.38 Å². The number of hydrogen-bond donors (Lipinski definition) is 1. The first-order valence-electron chi connectivity index (χ1n) is 6.06. The highest BCUT2D eigenvalue weighted by molar-refractivity contribution is 5.62. The van der Waals surface area contributed by atoms with E-state index in [4.69, 9.17) is 0 Å². The number of aromatic nitrogens is 2. The molecule has 1 atom stereocenters. The standard InChI is InChI=1S/C15H13FN2O/c1-10(19)11-2-4-12(5-3-11)14-9-18-8-13(16)6-7-15(18)17-14/h2-10,19H,1H3. The van der Waals surface area contributed by atoms with Gasteiger partial charge < -0.3 is 9.51 Å². The molecule has 0 spiro atoms. The van der Waals surface area contributed by atoms with Crippen LogP contribution in [-0.4, -0.2) is 14.5 Å². The van der Waals surface area contributed by atoms with E-state index in [-0.39, 0.29) is 5.82 Å². The minimum absolute atomic E-state index is 0.291. The summed E-state index contributed by atoms with van der Waals surface area (Å²) in [5.41, 5.74) is 3.28. The third-order valence-electron chi connectivity index (χ3n) is 3.10. The average molecular weight is 256 g/mol. The Balaban J connectivity index is 2.03. The van der Waals surface area contributed by atoms with Gasteiger partial charge in [-0.2, -0.15) is 0 Å². The third-order valence-corrected chi connectivity index (χ3v) is 3.10. The van der Waals surface area contributed by atoms with Crippen LogP contribution in [0.4, 0.5) is 4.39 Å². The smallest absolute Gasteiger partial charge is 0.139 e. The predicted molar refractivity (Wildman–Crippen MR) is 71.2 cm³/mol. The van der Waals surface area contributed by atoms with Gasteiger partial charge >= 0.3 is 0 Å². The molecule has 0 aliphatic heterocycles. The molecule has 0 radical (unpaired) electrons. The second-order valence-electron chi connectivity index (χ2n) is 4.54. The summed E-state index contributed by atoms with van der Waals surface area (Å²) in [5.74, 6) is -0.291. The van der Waals surface area contributed by atoms with Crippen LogP contribution in [0.2, 0.25) is 0 Å². The Morgan fingerprint density at radius 1 is 1.11 bits per heavy atom. The van der Waals surface area contributed by atoms with Gasteiger partial charge in [0, 0.05) is 18.0 Å². The summed E-state index contributed by atoms with van der Waals surface area (Å²) in [6.07, 6.45) is 2.70. The number of pyridine rings is 1. The molecular formula is C15H13FN2O. The van der Waals surface area contributed by atoms with Crippen LogP contribution in [0.25, 0.3) is 16.9 Å². The molecule has 1 aromatic carbocycles. The molecule has 0 saturated heterocycles. The summed E-state index contributed by atoms with van der Waals surface area (Å²) in [5, 5.41) is 9.47. The van der Waals surface area contributed by atoms with Crippen molar-refractivity contribution < 1.29 is 9.50 Å². The highest BCUT2D eigenvalue weighted by Gasteiger charge is 2.06. The summed E-state index contributed by atoms with van der Waals surface area (Å²) < 4.78 is 14.8. The van der Waals surface area contributed by atoms with Gasteiger partial charge in [0.2, 0.25) is 0 Å². The normalized spacial score (nSPS) is 12.8. The molecule has 0 amide bonds. The van der Waals surface area contributed by atoms with Crippen LogP contribution in [0, 0.1) is 5.82 Å². The van der Waals surface area contributed by atoms with E-state index in [0.717, 1.165) is 16.8 Å². The largest absolute Gasteiger partial charge is 0.389 e. The van der Waals surface area contributed by atoms with E-state index in [0.29, 0.717) is 5.65 Å². The maximum absolute atomic E-state index is 13.1. The molecule has 2 aromatic heterocycles. The zero-order chi connectivity index (χ0) is 13.4. The highest BCUT2D eigenvalue weighted by atomic mass is 19.1. The molecule has 1 unspecified atom stereocenters. The van der Waals surface area contributed by atoms with Crippen molar-refractivity contribution in [3.8, 4) is 11.3 Å². The predicted octanol–water partition coefficient (Wildman–Crippen LogP) is 3.19. The molecule has 0 saturated carbocycles. The fourth-order valence-electron chi connectivity index (χ4n) is 2.04. The second kappa shape index (κ2) is 4.48.